The second-order valence-electron chi connectivity index (χ2n) is 5.00. The summed E-state index contributed by atoms with van der Waals surface area (Å²) in [4.78, 5) is 11.2. The van der Waals surface area contributed by atoms with Crippen LogP contribution < -0.4 is 0 Å². The van der Waals surface area contributed by atoms with E-state index in [4.69, 9.17) is 0 Å². The van der Waals surface area contributed by atoms with Gasteiger partial charge in [0.25, 0.3) is 0 Å². The first-order valence-corrected chi connectivity index (χ1v) is 7.13. The molecule has 1 atom stereocenters. The molecule has 1 rings (SSSR count). The number of benzene rings is 1. The van der Waals surface area contributed by atoms with Crippen molar-refractivity contribution < 1.29 is 14.6 Å². The Kier molecular flexibility index (Phi) is 7.02. The van der Waals surface area contributed by atoms with Crippen LogP contribution in [0.1, 0.15) is 55.4 Å². The fourth-order valence-corrected chi connectivity index (χ4v) is 2.10. The highest BCUT2D eigenvalue weighted by molar-refractivity contribution is 5.87. The maximum atomic E-state index is 11.2. The van der Waals surface area contributed by atoms with Gasteiger partial charge in [0.1, 0.15) is 0 Å². The lowest BCUT2D eigenvalue weighted by molar-refractivity contribution is -0.134. The maximum Gasteiger partial charge on any atom is 0.330 e. The third-order valence-corrected chi connectivity index (χ3v) is 3.28. The number of rotatable bonds is 7. The molecule has 0 bridgehead atoms. The zero-order valence-electron chi connectivity index (χ0n) is 12.6. The lowest BCUT2D eigenvalue weighted by Gasteiger charge is -2.14. The fraction of sp³-hybridized carbons (Fsp3) is 0.471. The van der Waals surface area contributed by atoms with Crippen LogP contribution in [0, 0.1) is 6.92 Å². The Bertz CT molecular complexity index is 463. The molecular formula is C17H24O3. The number of carbonyl (C=O) groups is 1. The fourth-order valence-electron chi connectivity index (χ4n) is 2.10. The van der Waals surface area contributed by atoms with Crippen LogP contribution in [0.25, 0.3) is 6.08 Å². The number of esters is 1. The van der Waals surface area contributed by atoms with Crippen molar-refractivity contribution in [1.29, 1.82) is 0 Å². The van der Waals surface area contributed by atoms with E-state index in [1.54, 1.807) is 6.08 Å². The van der Waals surface area contributed by atoms with Crippen molar-refractivity contribution in [1.82, 2.24) is 0 Å². The molecule has 1 aromatic carbocycles. The Labute approximate surface area is 121 Å². The molecule has 1 aromatic rings. The van der Waals surface area contributed by atoms with Crippen molar-refractivity contribution in [2.45, 2.75) is 45.6 Å². The predicted octanol–water partition coefficient (Wildman–Crippen LogP) is 3.79. The van der Waals surface area contributed by atoms with Gasteiger partial charge < -0.3 is 9.84 Å². The first-order chi connectivity index (χ1) is 9.58. The van der Waals surface area contributed by atoms with Gasteiger partial charge in [0, 0.05) is 6.08 Å². The monoisotopic (exact) mass is 276 g/mol. The Morgan fingerprint density at radius 3 is 2.80 bits per heavy atom. The summed E-state index contributed by atoms with van der Waals surface area (Å²) in [5, 5.41) is 10.3. The largest absolute Gasteiger partial charge is 0.466 e. The molecule has 0 aliphatic carbocycles. The van der Waals surface area contributed by atoms with Gasteiger partial charge in [-0.05, 0) is 30.5 Å². The number of aliphatic hydroxyl groups excluding tert-OH is 1. The predicted molar refractivity (Wildman–Crippen MR) is 81.3 cm³/mol. The van der Waals surface area contributed by atoms with Gasteiger partial charge in [-0.2, -0.15) is 0 Å². The van der Waals surface area contributed by atoms with Crippen molar-refractivity contribution in [2.24, 2.45) is 0 Å². The average molecular weight is 276 g/mol. The summed E-state index contributed by atoms with van der Waals surface area (Å²) in [6.45, 7) is 4.14. The van der Waals surface area contributed by atoms with E-state index < -0.39 is 12.1 Å². The minimum absolute atomic E-state index is 0.392. The summed E-state index contributed by atoms with van der Waals surface area (Å²) in [5.74, 6) is -0.392. The maximum absolute atomic E-state index is 11.2. The Hall–Kier alpha value is -1.61. The van der Waals surface area contributed by atoms with E-state index in [1.807, 2.05) is 25.1 Å². The van der Waals surface area contributed by atoms with Crippen molar-refractivity contribution in [3.05, 3.63) is 41.0 Å². The third-order valence-electron chi connectivity index (χ3n) is 3.28. The molecule has 110 valence electrons. The first-order valence-electron chi connectivity index (χ1n) is 7.13. The lowest BCUT2D eigenvalue weighted by atomic mass is 9.96. The van der Waals surface area contributed by atoms with Crippen LogP contribution in [0.3, 0.4) is 0 Å². The van der Waals surface area contributed by atoms with E-state index in [2.05, 4.69) is 11.7 Å². The number of carbonyl (C=O) groups excluding carboxylic acids is 1. The zero-order chi connectivity index (χ0) is 15.0. The quantitative estimate of drug-likeness (QED) is 0.468. The SMILES string of the molecule is CCCCC[C@H](O)c1cc(C)ccc1/C=C/C(=O)OC. The van der Waals surface area contributed by atoms with Crippen molar-refractivity contribution in [3.8, 4) is 0 Å². The molecule has 3 nitrogen and oxygen atoms in total. The topological polar surface area (TPSA) is 46.5 Å². The number of hydrogen-bond donors (Lipinski definition) is 1. The van der Waals surface area contributed by atoms with Crippen LogP contribution in [0.15, 0.2) is 24.3 Å². The van der Waals surface area contributed by atoms with Gasteiger partial charge in [0.15, 0.2) is 0 Å². The highest BCUT2D eigenvalue weighted by Crippen LogP contribution is 2.25. The molecule has 0 radical (unpaired) electrons. The van der Waals surface area contributed by atoms with Crippen LogP contribution in [0.2, 0.25) is 0 Å². The van der Waals surface area contributed by atoms with Gasteiger partial charge in [0.2, 0.25) is 0 Å². The van der Waals surface area contributed by atoms with E-state index in [1.165, 1.54) is 13.2 Å². The van der Waals surface area contributed by atoms with Crippen LogP contribution in [-0.2, 0) is 9.53 Å². The van der Waals surface area contributed by atoms with Crippen molar-refractivity contribution in [3.63, 3.8) is 0 Å². The second-order valence-corrected chi connectivity index (χ2v) is 5.00. The van der Waals surface area contributed by atoms with Crippen molar-refractivity contribution >= 4 is 12.0 Å². The summed E-state index contributed by atoms with van der Waals surface area (Å²) >= 11 is 0. The second kappa shape index (κ2) is 8.54. The minimum Gasteiger partial charge on any atom is -0.466 e. The summed E-state index contributed by atoms with van der Waals surface area (Å²) in [5.41, 5.74) is 2.84. The standard InChI is InChI=1S/C17H24O3/c1-4-5-6-7-16(18)15-12-13(2)8-9-14(15)10-11-17(19)20-3/h8-12,16,18H,4-7H2,1-3H3/b11-10+/t16-/m0/s1. The molecule has 0 aromatic heterocycles. The van der Waals surface area contributed by atoms with E-state index in [9.17, 15) is 9.90 Å². The smallest absolute Gasteiger partial charge is 0.330 e. The Morgan fingerprint density at radius 1 is 1.40 bits per heavy atom. The lowest BCUT2D eigenvalue weighted by Crippen LogP contribution is -2.01. The Morgan fingerprint density at radius 2 is 2.15 bits per heavy atom. The minimum atomic E-state index is -0.487. The Balaban J connectivity index is 2.89. The highest BCUT2D eigenvalue weighted by Gasteiger charge is 2.11. The average Bonchev–Trinajstić information content (AvgIpc) is 2.45. The first kappa shape index (κ1) is 16.4. The molecule has 0 saturated heterocycles. The molecule has 0 amide bonds. The number of aryl methyl sites for hydroxylation is 1. The summed E-state index contributed by atoms with van der Waals surface area (Å²) in [7, 11) is 1.35. The normalized spacial score (nSPS) is 12.6. The van der Waals surface area contributed by atoms with Crippen molar-refractivity contribution in [2.75, 3.05) is 7.11 Å². The summed E-state index contributed by atoms with van der Waals surface area (Å²) in [6, 6.07) is 5.87. The van der Waals surface area contributed by atoms with Crippen LogP contribution in [0.5, 0.6) is 0 Å². The number of ether oxygens (including phenoxy) is 1. The van der Waals surface area contributed by atoms with E-state index in [-0.39, 0.29) is 0 Å². The molecular weight excluding hydrogens is 252 g/mol. The molecule has 0 fully saturated rings. The number of hydrogen-bond acceptors (Lipinski definition) is 3. The van der Waals surface area contributed by atoms with E-state index >= 15 is 0 Å². The molecule has 0 heterocycles. The van der Waals surface area contributed by atoms with Gasteiger partial charge in [-0.1, -0.05) is 49.9 Å². The van der Waals surface area contributed by atoms with Gasteiger partial charge in [-0.15, -0.1) is 0 Å². The molecule has 0 aliphatic rings. The molecule has 0 spiro atoms. The number of methoxy groups -OCH3 is 1. The van der Waals surface area contributed by atoms with Crippen LogP contribution >= 0.6 is 0 Å². The van der Waals surface area contributed by atoms with Gasteiger partial charge in [0.05, 0.1) is 13.2 Å². The highest BCUT2D eigenvalue weighted by atomic mass is 16.5. The third kappa shape index (κ3) is 5.17. The molecule has 0 unspecified atom stereocenters. The summed E-state index contributed by atoms with van der Waals surface area (Å²) in [6.07, 6.45) is 6.60. The van der Waals surface area contributed by atoms with Crippen LogP contribution in [0.4, 0.5) is 0 Å². The van der Waals surface area contributed by atoms with Gasteiger partial charge in [-0.25, -0.2) is 4.79 Å². The molecule has 20 heavy (non-hydrogen) atoms. The van der Waals surface area contributed by atoms with Gasteiger partial charge >= 0.3 is 5.97 Å². The van der Waals surface area contributed by atoms with E-state index in [0.717, 1.165) is 42.4 Å². The summed E-state index contributed by atoms with van der Waals surface area (Å²) < 4.78 is 4.59. The van der Waals surface area contributed by atoms with Gasteiger partial charge in [-0.3, -0.25) is 0 Å². The molecule has 0 aliphatic heterocycles. The number of aliphatic hydroxyl groups is 1. The number of unbranched alkanes of at least 4 members (excludes halogenated alkanes) is 2. The van der Waals surface area contributed by atoms with Crippen LogP contribution in [-0.4, -0.2) is 18.2 Å². The van der Waals surface area contributed by atoms with E-state index in [0.29, 0.717) is 0 Å². The molecule has 3 heteroatoms. The molecule has 0 saturated carbocycles. The molecule has 1 N–H and O–H groups in total. The zero-order valence-corrected chi connectivity index (χ0v) is 12.6.